The van der Waals surface area contributed by atoms with Gasteiger partial charge in [0.25, 0.3) is 0 Å². The van der Waals surface area contributed by atoms with Gasteiger partial charge in [-0.1, -0.05) is 157 Å². The van der Waals surface area contributed by atoms with Crippen molar-refractivity contribution < 1.29 is 25.8 Å². The Morgan fingerprint density at radius 3 is 0.942 bits per heavy atom. The second kappa shape index (κ2) is 14.7. The van der Waals surface area contributed by atoms with Crippen molar-refractivity contribution in [1.82, 2.24) is 0 Å². The first kappa shape index (κ1) is 43.4. The van der Waals surface area contributed by atoms with Crippen LogP contribution in [0.4, 0.5) is 0 Å². The molecule has 1 heteroatoms. The second-order valence-corrected chi connectivity index (χ2v) is 19.3. The quantitative estimate of drug-likeness (QED) is 0.122. The molecule has 0 radical (unpaired) electrons. The van der Waals surface area contributed by atoms with Crippen molar-refractivity contribution >= 4 is 21.5 Å². The standard InChI is InChI=1S/C49H58.2CH3.Hf/c1-45(2,3)35-23-33(24-36(27-35)46(4,5)6)41-19-15-17-31-21-39(29-43(31)41)49(13,14)40-22-32-18-16-20-42(44(32)30-40)34-25-37(47(7,8)9)28-38(26-34)48(10,11)12;;;/h15-30H,1-14H3;2*1H3;/q-2;2*-1;+4. The van der Waals surface area contributed by atoms with Crippen LogP contribution in [0.25, 0.3) is 43.8 Å². The Morgan fingerprint density at radius 1 is 0.385 bits per heavy atom. The molecule has 0 nitrogen and oxygen atoms in total. The minimum Gasteiger partial charge on any atom is -0.358 e. The van der Waals surface area contributed by atoms with Crippen LogP contribution < -0.4 is 0 Å². The molecule has 0 saturated heterocycles. The monoisotopic (exact) mass is 856 g/mol. The van der Waals surface area contributed by atoms with Crippen LogP contribution in [0.2, 0.25) is 0 Å². The van der Waals surface area contributed by atoms with E-state index in [9.17, 15) is 0 Å². The second-order valence-electron chi connectivity index (χ2n) is 19.3. The maximum Gasteiger partial charge on any atom is 4.00 e. The summed E-state index contributed by atoms with van der Waals surface area (Å²) in [5.41, 5.74) is 13.7. The van der Waals surface area contributed by atoms with E-state index in [2.05, 4.69) is 194 Å². The van der Waals surface area contributed by atoms with Crippen LogP contribution in [0.5, 0.6) is 0 Å². The summed E-state index contributed by atoms with van der Waals surface area (Å²) in [5, 5.41) is 5.29. The van der Waals surface area contributed by atoms with Gasteiger partial charge in [0.1, 0.15) is 0 Å². The minimum absolute atomic E-state index is 0. The van der Waals surface area contributed by atoms with Gasteiger partial charge in [-0.15, -0.1) is 69.1 Å². The Labute approximate surface area is 337 Å². The number of fused-ring (bicyclic) bond motifs is 2. The molecule has 6 aromatic carbocycles. The van der Waals surface area contributed by atoms with Crippen LogP contribution in [-0.4, -0.2) is 0 Å². The van der Waals surface area contributed by atoms with Crippen molar-refractivity contribution in [3.63, 3.8) is 0 Å². The maximum absolute atomic E-state index is 2.46. The number of hydrogen-bond acceptors (Lipinski definition) is 0. The van der Waals surface area contributed by atoms with E-state index in [1.165, 1.54) is 77.2 Å². The van der Waals surface area contributed by atoms with Crippen molar-refractivity contribution in [3.8, 4) is 22.3 Å². The molecule has 0 atom stereocenters. The zero-order valence-electron chi connectivity index (χ0n) is 35.2. The fourth-order valence-corrected chi connectivity index (χ4v) is 7.16. The van der Waals surface area contributed by atoms with Gasteiger partial charge in [0.05, 0.1) is 0 Å². The van der Waals surface area contributed by atoms with Crippen molar-refractivity contribution in [2.24, 2.45) is 0 Å². The molecule has 6 rings (SSSR count). The van der Waals surface area contributed by atoms with Crippen LogP contribution in [0.1, 0.15) is 130 Å². The van der Waals surface area contributed by atoms with E-state index >= 15 is 0 Å². The van der Waals surface area contributed by atoms with E-state index in [4.69, 9.17) is 0 Å². The van der Waals surface area contributed by atoms with Crippen molar-refractivity contribution in [2.75, 3.05) is 0 Å². The molecular weight excluding hydrogens is 791 g/mol. The van der Waals surface area contributed by atoms with Gasteiger partial charge in [0.2, 0.25) is 0 Å². The van der Waals surface area contributed by atoms with Gasteiger partial charge >= 0.3 is 25.8 Å². The summed E-state index contributed by atoms with van der Waals surface area (Å²) in [5.74, 6) is 0. The first-order valence-electron chi connectivity index (χ1n) is 18.3. The van der Waals surface area contributed by atoms with E-state index in [0.717, 1.165) is 0 Å². The fourth-order valence-electron chi connectivity index (χ4n) is 7.16. The van der Waals surface area contributed by atoms with Gasteiger partial charge < -0.3 is 14.9 Å². The third kappa shape index (κ3) is 8.36. The smallest absolute Gasteiger partial charge is 0.358 e. The van der Waals surface area contributed by atoms with Crippen LogP contribution in [0, 0.1) is 14.9 Å². The van der Waals surface area contributed by atoms with Crippen molar-refractivity contribution in [2.45, 2.75) is 124 Å². The Hall–Kier alpha value is -3.03. The molecule has 0 heterocycles. The molecule has 0 N–H and O–H groups in total. The Balaban J connectivity index is 0.00000243. The molecule has 0 aliphatic carbocycles. The van der Waals surface area contributed by atoms with Crippen LogP contribution in [0.15, 0.2) is 97.1 Å². The van der Waals surface area contributed by atoms with Crippen LogP contribution in [-0.2, 0) is 52.9 Å². The Morgan fingerprint density at radius 2 is 0.673 bits per heavy atom. The third-order valence-corrected chi connectivity index (χ3v) is 10.9. The molecule has 0 aromatic heterocycles. The first-order chi connectivity index (χ1) is 22.5. The van der Waals surface area contributed by atoms with Gasteiger partial charge in [-0.25, -0.2) is 0 Å². The van der Waals surface area contributed by atoms with Crippen molar-refractivity contribution in [3.05, 3.63) is 145 Å². The maximum atomic E-state index is 2.46. The molecule has 0 aliphatic rings. The Bertz CT molecular complexity index is 1940. The van der Waals surface area contributed by atoms with Gasteiger partial charge in [-0.05, 0) is 60.5 Å². The predicted molar refractivity (Wildman–Crippen MR) is 230 cm³/mol. The summed E-state index contributed by atoms with van der Waals surface area (Å²) in [6.07, 6.45) is 0. The van der Waals surface area contributed by atoms with Crippen LogP contribution >= 0.6 is 0 Å². The van der Waals surface area contributed by atoms with E-state index < -0.39 is 0 Å². The van der Waals surface area contributed by atoms with Crippen molar-refractivity contribution in [1.29, 1.82) is 0 Å². The first-order valence-corrected chi connectivity index (χ1v) is 18.3. The normalized spacial score (nSPS) is 12.7. The Kier molecular flexibility index (Phi) is 12.2. The average molecular weight is 856 g/mol. The number of benzene rings is 4. The summed E-state index contributed by atoms with van der Waals surface area (Å²) >= 11 is 0. The van der Waals surface area contributed by atoms with Gasteiger partial charge in [0.15, 0.2) is 0 Å². The van der Waals surface area contributed by atoms with Gasteiger partial charge in [0, 0.05) is 0 Å². The largest absolute Gasteiger partial charge is 4.00 e. The van der Waals surface area contributed by atoms with E-state index in [1.54, 1.807) is 0 Å². The van der Waals surface area contributed by atoms with Gasteiger partial charge in [-0.3, -0.25) is 0 Å². The molecule has 52 heavy (non-hydrogen) atoms. The molecule has 0 spiro atoms. The molecule has 0 unspecified atom stereocenters. The average Bonchev–Trinajstić information content (AvgIpc) is 3.65. The third-order valence-electron chi connectivity index (χ3n) is 10.9. The molecule has 0 saturated carbocycles. The summed E-state index contributed by atoms with van der Waals surface area (Å²) < 4.78 is 0. The molecule has 0 fully saturated rings. The molecule has 272 valence electrons. The zero-order chi connectivity index (χ0) is 35.9. The number of rotatable bonds is 4. The molecule has 0 aliphatic heterocycles. The van der Waals surface area contributed by atoms with E-state index in [0.29, 0.717) is 0 Å². The summed E-state index contributed by atoms with van der Waals surface area (Å²) in [4.78, 5) is 0. The molecule has 0 amide bonds. The molecule has 6 aromatic rings. The molecular formula is C51H64Hf. The van der Waals surface area contributed by atoms with Crippen LogP contribution in [0.3, 0.4) is 0 Å². The summed E-state index contributed by atoms with van der Waals surface area (Å²) in [6.45, 7) is 32.6. The molecule has 0 bridgehead atoms. The minimum atomic E-state index is -0.166. The zero-order valence-corrected chi connectivity index (χ0v) is 38.8. The SMILES string of the molecule is CC(C)(C)c1cc(-c2cccc3[cH-]c(C(C)(C)c4cc5c(-c6cc(C(C)(C)C)cc(C(C)(C)C)c6)cccc5[cH-]4)cc23)cc(C(C)(C)C)c1.[CH3-].[CH3-].[Hf+4]. The summed E-state index contributed by atoms with van der Waals surface area (Å²) in [6, 6.07) is 38.0. The van der Waals surface area contributed by atoms with Gasteiger partial charge in [-0.2, -0.15) is 12.1 Å². The number of hydrogen-bond donors (Lipinski definition) is 0. The predicted octanol–water partition coefficient (Wildman–Crippen LogP) is 15.2. The topological polar surface area (TPSA) is 0 Å². The van der Waals surface area contributed by atoms with E-state index in [-0.39, 0.29) is 67.8 Å². The van der Waals surface area contributed by atoms with E-state index in [1.807, 2.05) is 0 Å². The summed E-state index contributed by atoms with van der Waals surface area (Å²) in [7, 11) is 0. The fraction of sp³-hybridized carbons (Fsp3) is 0.373.